The van der Waals surface area contributed by atoms with Crippen molar-refractivity contribution >= 4 is 29.3 Å². The van der Waals surface area contributed by atoms with Crippen molar-refractivity contribution < 1.29 is 9.21 Å². The van der Waals surface area contributed by atoms with E-state index in [0.29, 0.717) is 12.1 Å². The molecule has 118 valence electrons. The molecule has 1 N–H and O–H groups in total. The maximum atomic E-state index is 12.6. The highest BCUT2D eigenvalue weighted by atomic mass is 35.5. The molecule has 2 aromatic rings. The molecule has 1 saturated heterocycles. The molecule has 2 heterocycles. The number of likely N-dealkylation sites (N-methyl/N-ethyl adjacent to an activating group) is 1. The van der Waals surface area contributed by atoms with Gasteiger partial charge in [-0.05, 0) is 32.0 Å². The van der Waals surface area contributed by atoms with Crippen molar-refractivity contribution in [3.63, 3.8) is 0 Å². The van der Waals surface area contributed by atoms with Gasteiger partial charge in [-0.25, -0.2) is 4.79 Å². The lowest BCUT2D eigenvalue weighted by atomic mass is 10.1. The predicted octanol–water partition coefficient (Wildman–Crippen LogP) is 2.04. The number of hydrogen-bond donors (Lipinski definition) is 1. The van der Waals surface area contributed by atoms with Crippen molar-refractivity contribution in [2.75, 3.05) is 20.1 Å². The molecule has 5 nitrogen and oxygen atoms in total. The van der Waals surface area contributed by atoms with E-state index in [1.165, 1.54) is 0 Å². The van der Waals surface area contributed by atoms with Crippen LogP contribution in [-0.2, 0) is 0 Å². The molecule has 0 aliphatic carbocycles. The van der Waals surface area contributed by atoms with Gasteiger partial charge >= 0.3 is 5.63 Å². The average molecular weight is 323 g/mol. The number of benzene rings is 1. The summed E-state index contributed by atoms with van der Waals surface area (Å²) in [6.45, 7) is 1.43. The molecule has 1 aliphatic heterocycles. The maximum Gasteiger partial charge on any atom is 0.349 e. The van der Waals surface area contributed by atoms with Crippen LogP contribution >= 0.6 is 12.4 Å². The summed E-state index contributed by atoms with van der Waals surface area (Å²) in [6, 6.07) is 9.01. The van der Waals surface area contributed by atoms with Crippen LogP contribution in [0.2, 0.25) is 0 Å². The molecule has 3 rings (SSSR count). The van der Waals surface area contributed by atoms with E-state index in [9.17, 15) is 9.59 Å². The van der Waals surface area contributed by atoms with Gasteiger partial charge in [0, 0.05) is 24.5 Å². The van der Waals surface area contributed by atoms with E-state index in [2.05, 4.69) is 5.32 Å². The van der Waals surface area contributed by atoms with Crippen molar-refractivity contribution in [1.82, 2.24) is 10.2 Å². The Labute approximate surface area is 134 Å². The van der Waals surface area contributed by atoms with Crippen LogP contribution in [0, 0.1) is 0 Å². The molecule has 0 saturated carbocycles. The van der Waals surface area contributed by atoms with Crippen LogP contribution in [0.4, 0.5) is 0 Å². The zero-order valence-electron chi connectivity index (χ0n) is 12.4. The molecule has 1 aliphatic rings. The van der Waals surface area contributed by atoms with Crippen molar-refractivity contribution in [2.24, 2.45) is 0 Å². The van der Waals surface area contributed by atoms with Crippen LogP contribution in [0.25, 0.3) is 11.0 Å². The monoisotopic (exact) mass is 322 g/mol. The molecule has 0 radical (unpaired) electrons. The Bertz CT molecular complexity index is 729. The topological polar surface area (TPSA) is 62.6 Å². The number of nitrogens with one attached hydrogen (secondary N) is 1. The standard InChI is InChI=1S/C16H18N2O3.ClH/c1-17-10-12-6-4-8-18(12)15(19)13-9-11-5-2-3-7-14(11)21-16(13)20;/h2-3,5,7,9,12,17H,4,6,8,10H2,1H3;1H. The Morgan fingerprint density at radius 1 is 1.41 bits per heavy atom. The third-order valence-corrected chi connectivity index (χ3v) is 3.95. The van der Waals surface area contributed by atoms with Crippen LogP contribution < -0.4 is 10.9 Å². The lowest BCUT2D eigenvalue weighted by Crippen LogP contribution is -2.42. The minimum Gasteiger partial charge on any atom is -0.422 e. The van der Waals surface area contributed by atoms with Crippen molar-refractivity contribution in [2.45, 2.75) is 18.9 Å². The van der Waals surface area contributed by atoms with Gasteiger partial charge in [0.15, 0.2) is 0 Å². The van der Waals surface area contributed by atoms with Gasteiger partial charge in [0.05, 0.1) is 0 Å². The van der Waals surface area contributed by atoms with Gasteiger partial charge in [0.1, 0.15) is 11.1 Å². The Morgan fingerprint density at radius 2 is 2.18 bits per heavy atom. The number of carbonyl (C=O) groups excluding carboxylic acids is 1. The van der Waals surface area contributed by atoms with E-state index in [0.717, 1.165) is 24.8 Å². The van der Waals surface area contributed by atoms with Gasteiger partial charge in [-0.1, -0.05) is 18.2 Å². The van der Waals surface area contributed by atoms with E-state index < -0.39 is 5.63 Å². The molecular weight excluding hydrogens is 304 g/mol. The summed E-state index contributed by atoms with van der Waals surface area (Å²) in [5, 5.41) is 3.86. The van der Waals surface area contributed by atoms with Gasteiger partial charge < -0.3 is 14.6 Å². The van der Waals surface area contributed by atoms with Crippen LogP contribution in [0.3, 0.4) is 0 Å². The zero-order chi connectivity index (χ0) is 14.8. The van der Waals surface area contributed by atoms with Gasteiger partial charge in [-0.15, -0.1) is 12.4 Å². The first-order valence-electron chi connectivity index (χ1n) is 7.19. The lowest BCUT2D eigenvalue weighted by Gasteiger charge is -2.24. The summed E-state index contributed by atoms with van der Waals surface area (Å²) in [6.07, 6.45) is 1.93. The van der Waals surface area contributed by atoms with E-state index in [-0.39, 0.29) is 29.9 Å². The van der Waals surface area contributed by atoms with E-state index in [1.807, 2.05) is 19.2 Å². The fraction of sp³-hybridized carbons (Fsp3) is 0.375. The highest BCUT2D eigenvalue weighted by molar-refractivity contribution is 5.97. The molecule has 1 unspecified atom stereocenters. The van der Waals surface area contributed by atoms with E-state index >= 15 is 0 Å². The maximum absolute atomic E-state index is 12.6. The van der Waals surface area contributed by atoms with E-state index in [4.69, 9.17) is 4.42 Å². The summed E-state index contributed by atoms with van der Waals surface area (Å²) in [7, 11) is 1.87. The first-order valence-corrected chi connectivity index (χ1v) is 7.19. The third-order valence-electron chi connectivity index (χ3n) is 3.95. The fourth-order valence-electron chi connectivity index (χ4n) is 2.92. The van der Waals surface area contributed by atoms with Crippen LogP contribution in [-0.4, -0.2) is 37.0 Å². The van der Waals surface area contributed by atoms with Crippen LogP contribution in [0.5, 0.6) is 0 Å². The Morgan fingerprint density at radius 3 is 2.95 bits per heavy atom. The summed E-state index contributed by atoms with van der Waals surface area (Å²) >= 11 is 0. The highest BCUT2D eigenvalue weighted by Gasteiger charge is 2.30. The van der Waals surface area contributed by atoms with Gasteiger partial charge in [0.2, 0.25) is 0 Å². The second kappa shape index (κ2) is 6.94. The quantitative estimate of drug-likeness (QED) is 0.878. The first-order chi connectivity index (χ1) is 10.2. The summed E-state index contributed by atoms with van der Waals surface area (Å²) in [5.74, 6) is -0.229. The number of amides is 1. The predicted molar refractivity (Wildman–Crippen MR) is 87.7 cm³/mol. The Kier molecular flexibility index (Phi) is 5.21. The smallest absolute Gasteiger partial charge is 0.349 e. The second-order valence-corrected chi connectivity index (χ2v) is 5.34. The highest BCUT2D eigenvalue weighted by Crippen LogP contribution is 2.20. The molecule has 22 heavy (non-hydrogen) atoms. The molecule has 1 atom stereocenters. The Hall–Kier alpha value is -1.85. The number of carbonyl (C=O) groups is 1. The van der Waals surface area contributed by atoms with Gasteiger partial charge in [0.25, 0.3) is 5.91 Å². The molecule has 0 bridgehead atoms. The first kappa shape index (κ1) is 16.5. The number of likely N-dealkylation sites (tertiary alicyclic amines) is 1. The van der Waals surface area contributed by atoms with Crippen molar-refractivity contribution in [3.05, 3.63) is 46.3 Å². The van der Waals surface area contributed by atoms with Crippen molar-refractivity contribution in [1.29, 1.82) is 0 Å². The number of para-hydroxylation sites is 1. The second-order valence-electron chi connectivity index (χ2n) is 5.34. The summed E-state index contributed by atoms with van der Waals surface area (Å²) in [4.78, 5) is 26.5. The molecule has 1 aromatic heterocycles. The molecule has 6 heteroatoms. The lowest BCUT2D eigenvalue weighted by molar-refractivity contribution is 0.0733. The number of fused-ring (bicyclic) bond motifs is 1. The van der Waals surface area contributed by atoms with Crippen LogP contribution in [0.1, 0.15) is 23.2 Å². The van der Waals surface area contributed by atoms with Gasteiger partial charge in [-0.3, -0.25) is 4.79 Å². The third kappa shape index (κ3) is 3.00. The molecule has 0 spiro atoms. The number of rotatable bonds is 3. The minimum atomic E-state index is -0.561. The van der Waals surface area contributed by atoms with Crippen molar-refractivity contribution in [3.8, 4) is 0 Å². The largest absolute Gasteiger partial charge is 0.422 e. The summed E-state index contributed by atoms with van der Waals surface area (Å²) < 4.78 is 5.25. The van der Waals surface area contributed by atoms with E-state index in [1.54, 1.807) is 23.1 Å². The Balaban J connectivity index is 0.00000176. The molecular formula is C16H19ClN2O3. The normalized spacial score (nSPS) is 17.5. The number of nitrogens with zero attached hydrogens (tertiary/aromatic N) is 1. The number of halogens is 1. The number of hydrogen-bond acceptors (Lipinski definition) is 4. The zero-order valence-corrected chi connectivity index (χ0v) is 13.2. The average Bonchev–Trinajstić information content (AvgIpc) is 2.94. The molecule has 1 aromatic carbocycles. The SMILES string of the molecule is CNCC1CCCN1C(=O)c1cc2ccccc2oc1=O.Cl. The van der Waals surface area contributed by atoms with Gasteiger partial charge in [-0.2, -0.15) is 0 Å². The van der Waals surface area contributed by atoms with Crippen LogP contribution in [0.15, 0.2) is 39.5 Å². The fourth-order valence-corrected chi connectivity index (χ4v) is 2.92. The summed E-state index contributed by atoms with van der Waals surface area (Å²) in [5.41, 5.74) is 0.0674. The molecule has 1 fully saturated rings. The molecule has 1 amide bonds. The minimum absolute atomic E-state index is 0.